The van der Waals surface area contributed by atoms with E-state index in [1.807, 2.05) is 25.1 Å². The maximum Gasteiger partial charge on any atom is 0.216 e. The molecule has 6 heteroatoms. The number of ether oxygens (including phenoxy) is 1. The van der Waals surface area contributed by atoms with Gasteiger partial charge < -0.3 is 19.8 Å². The van der Waals surface area contributed by atoms with Gasteiger partial charge in [0.05, 0.1) is 13.3 Å². The summed E-state index contributed by atoms with van der Waals surface area (Å²) in [6, 6.07) is 8.05. The van der Waals surface area contributed by atoms with E-state index in [1.54, 1.807) is 13.3 Å². The van der Waals surface area contributed by atoms with Crippen molar-refractivity contribution < 1.29 is 9.15 Å². The van der Waals surface area contributed by atoms with Gasteiger partial charge in [-0.3, -0.25) is 0 Å². The minimum atomic E-state index is -0.0492. The third-order valence-corrected chi connectivity index (χ3v) is 3.89. The molecule has 0 spiro atoms. The molecule has 0 atom stereocenters. The van der Waals surface area contributed by atoms with Gasteiger partial charge in [0.1, 0.15) is 18.1 Å². The van der Waals surface area contributed by atoms with E-state index in [9.17, 15) is 0 Å². The molecule has 0 saturated heterocycles. The number of aromatic nitrogens is 1. The third-order valence-electron chi connectivity index (χ3n) is 3.89. The third kappa shape index (κ3) is 5.79. The van der Waals surface area contributed by atoms with Crippen molar-refractivity contribution in [2.45, 2.75) is 46.1 Å². The van der Waals surface area contributed by atoms with Gasteiger partial charge in [-0.15, -0.1) is 0 Å². The first-order chi connectivity index (χ1) is 12.4. The lowest BCUT2D eigenvalue weighted by molar-refractivity contribution is 0.383. The van der Waals surface area contributed by atoms with Crippen molar-refractivity contribution in [1.29, 1.82) is 0 Å². The summed E-state index contributed by atoms with van der Waals surface area (Å²) in [6.07, 6.45) is 2.63. The average Bonchev–Trinajstić information content (AvgIpc) is 3.09. The molecule has 6 nitrogen and oxygen atoms in total. The Labute approximate surface area is 156 Å². The average molecular weight is 358 g/mol. The second kappa shape index (κ2) is 9.27. The molecular formula is C20H30N4O2. The molecule has 0 radical (unpaired) electrons. The largest absolute Gasteiger partial charge is 0.496 e. The van der Waals surface area contributed by atoms with Crippen molar-refractivity contribution >= 4 is 5.96 Å². The first-order valence-electron chi connectivity index (χ1n) is 9.03. The zero-order valence-electron chi connectivity index (χ0n) is 16.4. The zero-order chi connectivity index (χ0) is 19.0. The van der Waals surface area contributed by atoms with Crippen molar-refractivity contribution in [3.05, 3.63) is 47.7 Å². The van der Waals surface area contributed by atoms with Crippen LogP contribution in [0.4, 0.5) is 0 Å². The Morgan fingerprint density at radius 2 is 2.00 bits per heavy atom. The van der Waals surface area contributed by atoms with E-state index >= 15 is 0 Å². The quantitative estimate of drug-likeness (QED) is 0.587. The fraction of sp³-hybridized carbons (Fsp3) is 0.500. The highest BCUT2D eigenvalue weighted by Crippen LogP contribution is 2.22. The predicted molar refractivity (Wildman–Crippen MR) is 105 cm³/mol. The fourth-order valence-electron chi connectivity index (χ4n) is 2.44. The van der Waals surface area contributed by atoms with Crippen LogP contribution in [-0.2, 0) is 18.4 Å². The minimum absolute atomic E-state index is 0.0492. The van der Waals surface area contributed by atoms with Crippen LogP contribution < -0.4 is 15.4 Å². The molecule has 0 aliphatic rings. The highest BCUT2D eigenvalue weighted by atomic mass is 16.5. The number of guanidine groups is 1. The van der Waals surface area contributed by atoms with Crippen LogP contribution in [0, 0.1) is 0 Å². The highest BCUT2D eigenvalue weighted by Gasteiger charge is 2.19. The van der Waals surface area contributed by atoms with Crippen LogP contribution >= 0.6 is 0 Å². The summed E-state index contributed by atoms with van der Waals surface area (Å²) < 4.78 is 11.2. The van der Waals surface area contributed by atoms with Crippen LogP contribution in [-0.4, -0.2) is 31.1 Å². The Kier molecular flexibility index (Phi) is 7.06. The number of nitrogens with one attached hydrogen (secondary N) is 2. The summed E-state index contributed by atoms with van der Waals surface area (Å²) in [5, 5.41) is 6.58. The number of methoxy groups -OCH3 is 1. The number of hydrogen-bond donors (Lipinski definition) is 2. The van der Waals surface area contributed by atoms with E-state index in [0.717, 1.165) is 37.0 Å². The van der Waals surface area contributed by atoms with Crippen LogP contribution in [0.3, 0.4) is 0 Å². The maximum absolute atomic E-state index is 5.79. The molecular weight excluding hydrogens is 328 g/mol. The Bertz CT molecular complexity index is 717. The number of rotatable bonds is 7. The van der Waals surface area contributed by atoms with Gasteiger partial charge in [0.15, 0.2) is 5.96 Å². The summed E-state index contributed by atoms with van der Waals surface area (Å²) in [4.78, 5) is 8.88. The van der Waals surface area contributed by atoms with Gasteiger partial charge in [-0.25, -0.2) is 9.98 Å². The van der Waals surface area contributed by atoms with E-state index in [2.05, 4.69) is 47.4 Å². The number of benzene rings is 1. The number of nitrogens with zero attached hydrogens (tertiary/aromatic N) is 2. The summed E-state index contributed by atoms with van der Waals surface area (Å²) >= 11 is 0. The van der Waals surface area contributed by atoms with Crippen LogP contribution in [0.5, 0.6) is 5.75 Å². The number of para-hydroxylation sites is 1. The molecule has 0 bridgehead atoms. The molecule has 0 aliphatic heterocycles. The van der Waals surface area contributed by atoms with E-state index in [0.29, 0.717) is 12.4 Å². The first-order valence-corrected chi connectivity index (χ1v) is 9.03. The SMILES string of the molecule is CCNC(=NCc1ncc(C(C)(C)C)o1)NCCc1ccccc1OC. The summed E-state index contributed by atoms with van der Waals surface area (Å²) in [5.41, 5.74) is 1.12. The Morgan fingerprint density at radius 3 is 2.65 bits per heavy atom. The maximum atomic E-state index is 5.79. The molecule has 0 aliphatic carbocycles. The smallest absolute Gasteiger partial charge is 0.216 e. The zero-order valence-corrected chi connectivity index (χ0v) is 16.4. The molecule has 0 saturated carbocycles. The molecule has 1 aromatic heterocycles. The van der Waals surface area contributed by atoms with Gasteiger partial charge >= 0.3 is 0 Å². The van der Waals surface area contributed by atoms with Gasteiger partial charge in [-0.2, -0.15) is 0 Å². The summed E-state index contributed by atoms with van der Waals surface area (Å²) in [7, 11) is 1.69. The van der Waals surface area contributed by atoms with Crippen molar-refractivity contribution in [1.82, 2.24) is 15.6 Å². The lowest BCUT2D eigenvalue weighted by Gasteiger charge is -2.13. The number of hydrogen-bond acceptors (Lipinski definition) is 4. The summed E-state index contributed by atoms with van der Waals surface area (Å²) in [5.74, 6) is 3.15. The molecule has 0 fully saturated rings. The van der Waals surface area contributed by atoms with Crippen molar-refractivity contribution in [3.8, 4) is 5.75 Å². The van der Waals surface area contributed by atoms with Crippen LogP contribution in [0.15, 0.2) is 39.9 Å². The topological polar surface area (TPSA) is 71.7 Å². The fourth-order valence-corrected chi connectivity index (χ4v) is 2.44. The molecule has 0 unspecified atom stereocenters. The molecule has 142 valence electrons. The van der Waals surface area contributed by atoms with Crippen molar-refractivity contribution in [2.24, 2.45) is 4.99 Å². The van der Waals surface area contributed by atoms with Gasteiger partial charge in [0.25, 0.3) is 0 Å². The standard InChI is InChI=1S/C20H30N4O2/c1-6-21-19(22-12-11-15-9-7-8-10-16(15)25-5)24-14-18-23-13-17(26-18)20(2,3)4/h7-10,13H,6,11-12,14H2,1-5H3,(H2,21,22,24). The number of aliphatic imine (C=N–C) groups is 1. The number of oxazole rings is 1. The van der Waals surface area contributed by atoms with Gasteiger partial charge in [-0.1, -0.05) is 39.0 Å². The van der Waals surface area contributed by atoms with Crippen LogP contribution in [0.2, 0.25) is 0 Å². The lowest BCUT2D eigenvalue weighted by atomic mass is 9.94. The second-order valence-electron chi connectivity index (χ2n) is 7.05. The molecule has 2 rings (SSSR count). The Morgan fingerprint density at radius 1 is 1.23 bits per heavy atom. The Balaban J connectivity index is 1.93. The first kappa shape index (κ1) is 19.8. The van der Waals surface area contributed by atoms with E-state index in [4.69, 9.17) is 9.15 Å². The van der Waals surface area contributed by atoms with Crippen molar-refractivity contribution in [2.75, 3.05) is 20.2 Å². The monoisotopic (exact) mass is 358 g/mol. The normalized spacial score (nSPS) is 12.1. The minimum Gasteiger partial charge on any atom is -0.496 e. The summed E-state index contributed by atoms with van der Waals surface area (Å²) in [6.45, 7) is 10.3. The molecule has 26 heavy (non-hydrogen) atoms. The van der Waals surface area contributed by atoms with Crippen LogP contribution in [0.1, 0.15) is 44.9 Å². The van der Waals surface area contributed by atoms with E-state index in [-0.39, 0.29) is 5.41 Å². The van der Waals surface area contributed by atoms with Crippen molar-refractivity contribution in [3.63, 3.8) is 0 Å². The van der Waals surface area contributed by atoms with Gasteiger partial charge in [0, 0.05) is 18.5 Å². The molecule has 0 amide bonds. The predicted octanol–water partition coefficient (Wildman–Crippen LogP) is 3.28. The second-order valence-corrected chi connectivity index (χ2v) is 7.05. The molecule has 1 heterocycles. The lowest BCUT2D eigenvalue weighted by Crippen LogP contribution is -2.38. The highest BCUT2D eigenvalue weighted by molar-refractivity contribution is 5.79. The van der Waals surface area contributed by atoms with Gasteiger partial charge in [0.2, 0.25) is 5.89 Å². The molecule has 2 aromatic rings. The molecule has 2 N–H and O–H groups in total. The van der Waals surface area contributed by atoms with E-state index < -0.39 is 0 Å². The molecule has 1 aromatic carbocycles. The van der Waals surface area contributed by atoms with Gasteiger partial charge in [-0.05, 0) is 25.0 Å². The van der Waals surface area contributed by atoms with E-state index in [1.165, 1.54) is 5.56 Å². The van der Waals surface area contributed by atoms with Crippen LogP contribution in [0.25, 0.3) is 0 Å². The Hall–Kier alpha value is -2.50.